The smallest absolute Gasteiger partial charge is 0.256 e. The molecule has 9 heteroatoms. The summed E-state index contributed by atoms with van der Waals surface area (Å²) < 4.78 is 35.2. The molecule has 0 unspecified atom stereocenters. The molecule has 37 heavy (non-hydrogen) atoms. The largest absolute Gasteiger partial charge is 0.493 e. The van der Waals surface area contributed by atoms with Crippen LogP contribution in [-0.2, 0) is 0 Å². The predicted octanol–water partition coefficient (Wildman–Crippen LogP) is 7.07. The van der Waals surface area contributed by atoms with Crippen LogP contribution in [0.4, 0.5) is 8.78 Å². The van der Waals surface area contributed by atoms with Gasteiger partial charge in [0.25, 0.3) is 5.91 Å². The Hall–Kier alpha value is -2.64. The van der Waals surface area contributed by atoms with Crippen molar-refractivity contribution in [2.75, 3.05) is 6.61 Å². The van der Waals surface area contributed by atoms with Gasteiger partial charge >= 0.3 is 0 Å². The number of carbonyl (C=O) groups excluding carboxylic acids is 1. The third kappa shape index (κ3) is 5.93. The molecule has 2 aliphatic rings. The predicted molar refractivity (Wildman–Crippen MR) is 141 cm³/mol. The molecule has 0 atom stereocenters. The second kappa shape index (κ2) is 11.0. The van der Waals surface area contributed by atoms with Gasteiger partial charge in [-0.1, -0.05) is 23.2 Å². The van der Waals surface area contributed by atoms with E-state index in [2.05, 4.69) is 5.32 Å². The molecule has 0 aliphatic heterocycles. The summed E-state index contributed by atoms with van der Waals surface area (Å²) in [5, 5.41) is 3.24. The van der Waals surface area contributed by atoms with Gasteiger partial charge < -0.3 is 14.6 Å². The molecule has 3 aromatic rings. The Balaban J connectivity index is 1.15. The lowest BCUT2D eigenvalue weighted by Gasteiger charge is -2.29. The highest BCUT2D eigenvalue weighted by Gasteiger charge is 2.29. The molecule has 2 aromatic carbocycles. The van der Waals surface area contributed by atoms with E-state index in [0.29, 0.717) is 23.8 Å². The van der Waals surface area contributed by atoms with Crippen LogP contribution in [0.3, 0.4) is 0 Å². The quantitative estimate of drug-likeness (QED) is 0.306. The number of pyridine rings is 1. The fraction of sp³-hybridized carbons (Fsp3) is 0.429. The maximum Gasteiger partial charge on any atom is 0.256 e. The van der Waals surface area contributed by atoms with Gasteiger partial charge in [-0.25, -0.2) is 8.78 Å². The van der Waals surface area contributed by atoms with Crippen LogP contribution in [0, 0.1) is 17.6 Å². The minimum atomic E-state index is -0.671. The Morgan fingerprint density at radius 3 is 2.43 bits per heavy atom. The van der Waals surface area contributed by atoms with E-state index in [-0.39, 0.29) is 33.1 Å². The highest BCUT2D eigenvalue weighted by Crippen LogP contribution is 2.38. The first-order valence-electron chi connectivity index (χ1n) is 12.7. The first-order valence-corrected chi connectivity index (χ1v) is 13.5. The van der Waals surface area contributed by atoms with Gasteiger partial charge in [0.2, 0.25) is 5.43 Å². The lowest BCUT2D eigenvalue weighted by molar-refractivity contribution is 0.0919. The normalized spacial score (nSPS) is 19.7. The van der Waals surface area contributed by atoms with Gasteiger partial charge in [0.05, 0.1) is 22.2 Å². The lowest BCUT2D eigenvalue weighted by atomic mass is 9.83. The summed E-state index contributed by atoms with van der Waals surface area (Å²) in [6.45, 7) is 0.499. The Kier molecular flexibility index (Phi) is 7.72. The summed E-state index contributed by atoms with van der Waals surface area (Å²) in [7, 11) is 0. The topological polar surface area (TPSA) is 60.3 Å². The molecule has 5 rings (SSSR count). The average Bonchev–Trinajstić information content (AvgIpc) is 3.72. The number of rotatable bonds is 8. The number of hydrogen-bond donors (Lipinski definition) is 1. The highest BCUT2D eigenvalue weighted by molar-refractivity contribution is 6.31. The van der Waals surface area contributed by atoms with E-state index < -0.39 is 23.0 Å². The maximum atomic E-state index is 14.1. The molecule has 0 radical (unpaired) electrons. The van der Waals surface area contributed by atoms with E-state index in [1.54, 1.807) is 12.3 Å². The summed E-state index contributed by atoms with van der Waals surface area (Å²) in [5.74, 6) is -0.585. The molecule has 196 valence electrons. The van der Waals surface area contributed by atoms with Crippen molar-refractivity contribution in [3.63, 3.8) is 0 Å². The van der Waals surface area contributed by atoms with Gasteiger partial charge in [-0.15, -0.1) is 0 Å². The van der Waals surface area contributed by atoms with E-state index in [4.69, 9.17) is 27.9 Å². The van der Waals surface area contributed by atoms with Crippen molar-refractivity contribution in [2.24, 2.45) is 5.92 Å². The zero-order valence-corrected chi connectivity index (χ0v) is 21.8. The fourth-order valence-electron chi connectivity index (χ4n) is 5.15. The molecule has 0 saturated heterocycles. The second-order valence-electron chi connectivity index (χ2n) is 10.1. The van der Waals surface area contributed by atoms with Crippen molar-refractivity contribution in [3.05, 3.63) is 74.0 Å². The standard InChI is InChI=1S/C28H28Cl2F2N2O3/c29-22-10-9-19(12-24(22)31)37-11-1-2-16-3-5-17(6-4-16)33-28(36)21-15-34(18-7-8-18)26-14-23(30)25(32)13-20(26)27(21)35/h9-10,12-18H,1-8,11H2,(H,33,36). The number of nitrogens with one attached hydrogen (secondary N) is 1. The summed E-state index contributed by atoms with van der Waals surface area (Å²) in [5.41, 5.74) is 0.120. The van der Waals surface area contributed by atoms with Crippen molar-refractivity contribution in [1.82, 2.24) is 9.88 Å². The monoisotopic (exact) mass is 548 g/mol. The van der Waals surface area contributed by atoms with Crippen molar-refractivity contribution >= 4 is 40.0 Å². The Morgan fingerprint density at radius 1 is 1.00 bits per heavy atom. The maximum absolute atomic E-state index is 14.1. The summed E-state index contributed by atoms with van der Waals surface area (Å²) in [6, 6.07) is 7.20. The molecule has 1 N–H and O–H groups in total. The van der Waals surface area contributed by atoms with Crippen LogP contribution in [0.5, 0.6) is 5.75 Å². The number of aromatic nitrogens is 1. The summed E-state index contributed by atoms with van der Waals surface area (Å²) >= 11 is 11.7. The lowest BCUT2D eigenvalue weighted by Crippen LogP contribution is -2.39. The van der Waals surface area contributed by atoms with Gasteiger partial charge in [0, 0.05) is 29.7 Å². The molecular weight excluding hydrogens is 521 g/mol. The molecule has 0 spiro atoms. The van der Waals surface area contributed by atoms with Crippen LogP contribution < -0.4 is 15.5 Å². The summed E-state index contributed by atoms with van der Waals surface area (Å²) in [6.07, 6.45) is 8.92. The van der Waals surface area contributed by atoms with Crippen molar-refractivity contribution < 1.29 is 18.3 Å². The zero-order chi connectivity index (χ0) is 26.1. The number of amides is 1. The van der Waals surface area contributed by atoms with Crippen molar-refractivity contribution in [2.45, 2.75) is 63.5 Å². The summed E-state index contributed by atoms with van der Waals surface area (Å²) in [4.78, 5) is 26.2. The number of nitrogens with zero attached hydrogens (tertiary/aromatic N) is 1. The SMILES string of the molecule is O=C(NC1CCC(CCCOc2ccc(Cl)c(F)c2)CC1)c1cn(C2CC2)c2cc(Cl)c(F)cc2c1=O. The van der Waals surface area contributed by atoms with Crippen LogP contribution in [0.25, 0.3) is 10.9 Å². The number of benzene rings is 2. The minimum Gasteiger partial charge on any atom is -0.493 e. The number of hydrogen-bond acceptors (Lipinski definition) is 3. The van der Waals surface area contributed by atoms with Gasteiger partial charge in [-0.3, -0.25) is 9.59 Å². The highest BCUT2D eigenvalue weighted by atomic mass is 35.5. The molecule has 2 aliphatic carbocycles. The van der Waals surface area contributed by atoms with E-state index in [1.165, 1.54) is 18.2 Å². The third-order valence-corrected chi connectivity index (χ3v) is 7.95. The van der Waals surface area contributed by atoms with Crippen LogP contribution in [0.1, 0.15) is 67.8 Å². The number of ether oxygens (including phenoxy) is 1. The molecule has 2 saturated carbocycles. The van der Waals surface area contributed by atoms with Crippen LogP contribution in [-0.4, -0.2) is 23.1 Å². The van der Waals surface area contributed by atoms with E-state index >= 15 is 0 Å². The average molecular weight is 549 g/mol. The third-order valence-electron chi connectivity index (χ3n) is 7.36. The molecule has 0 bridgehead atoms. The molecule has 2 fully saturated rings. The van der Waals surface area contributed by atoms with E-state index in [0.717, 1.165) is 57.4 Å². The molecule has 1 heterocycles. The van der Waals surface area contributed by atoms with Gasteiger partial charge in [-0.05, 0) is 81.5 Å². The molecular formula is C28H28Cl2F2N2O3. The number of fused-ring (bicyclic) bond motifs is 1. The second-order valence-corrected chi connectivity index (χ2v) is 10.9. The van der Waals surface area contributed by atoms with Crippen molar-refractivity contribution in [1.29, 1.82) is 0 Å². The van der Waals surface area contributed by atoms with Crippen LogP contribution in [0.15, 0.2) is 41.3 Å². The molecule has 1 aromatic heterocycles. The van der Waals surface area contributed by atoms with Crippen LogP contribution >= 0.6 is 23.2 Å². The first-order chi connectivity index (χ1) is 17.8. The Labute approximate surface area is 223 Å². The minimum absolute atomic E-state index is 0.0107. The number of carbonyl (C=O) groups is 1. The fourth-order valence-corrected chi connectivity index (χ4v) is 5.42. The van der Waals surface area contributed by atoms with E-state index in [9.17, 15) is 18.4 Å². The van der Waals surface area contributed by atoms with Crippen LogP contribution in [0.2, 0.25) is 10.0 Å². The zero-order valence-electron chi connectivity index (χ0n) is 20.2. The molecule has 5 nitrogen and oxygen atoms in total. The van der Waals surface area contributed by atoms with E-state index in [1.807, 2.05) is 4.57 Å². The van der Waals surface area contributed by atoms with Gasteiger partial charge in [0.15, 0.2) is 0 Å². The Bertz CT molecular complexity index is 1380. The number of halogens is 4. The Morgan fingerprint density at radius 2 is 1.73 bits per heavy atom. The van der Waals surface area contributed by atoms with Crippen molar-refractivity contribution in [3.8, 4) is 5.75 Å². The van der Waals surface area contributed by atoms with Gasteiger partial charge in [-0.2, -0.15) is 0 Å². The van der Waals surface area contributed by atoms with Gasteiger partial charge in [0.1, 0.15) is 22.9 Å². The first kappa shape index (κ1) is 26.0. The molecule has 1 amide bonds.